The van der Waals surface area contributed by atoms with Crippen molar-refractivity contribution in [3.63, 3.8) is 0 Å². The van der Waals surface area contributed by atoms with E-state index in [4.69, 9.17) is 23.2 Å². The van der Waals surface area contributed by atoms with E-state index in [0.717, 1.165) is 21.9 Å². The van der Waals surface area contributed by atoms with Gasteiger partial charge in [-0.25, -0.2) is 4.79 Å². The molecule has 1 amide bonds. The van der Waals surface area contributed by atoms with Crippen LogP contribution < -0.4 is 0 Å². The highest BCUT2D eigenvalue weighted by atomic mass is 35.5. The second kappa shape index (κ2) is 10.1. The maximum Gasteiger partial charge on any atom is 0.326 e. The molecule has 0 unspecified atom stereocenters. The minimum atomic E-state index is -1.09. The van der Waals surface area contributed by atoms with Gasteiger partial charge < -0.3 is 10.0 Å². The second-order valence-electron chi connectivity index (χ2n) is 7.78. The fraction of sp³-hybridized carbons (Fsp3) is 0.111. The van der Waals surface area contributed by atoms with Crippen LogP contribution in [0.1, 0.15) is 21.5 Å². The van der Waals surface area contributed by atoms with Gasteiger partial charge in [0.25, 0.3) is 5.91 Å². The number of amides is 1. The zero-order valence-corrected chi connectivity index (χ0v) is 19.1. The van der Waals surface area contributed by atoms with Gasteiger partial charge in [-0.15, -0.1) is 0 Å². The Kier molecular flexibility index (Phi) is 6.97. The van der Waals surface area contributed by atoms with Gasteiger partial charge in [0.1, 0.15) is 6.04 Å². The molecule has 0 radical (unpaired) electrons. The minimum absolute atomic E-state index is 0.117. The van der Waals surface area contributed by atoms with E-state index in [1.165, 1.54) is 17.0 Å². The van der Waals surface area contributed by atoms with Crippen LogP contribution in [0.2, 0.25) is 10.0 Å². The largest absolute Gasteiger partial charge is 0.480 e. The van der Waals surface area contributed by atoms with Crippen molar-refractivity contribution in [1.29, 1.82) is 0 Å². The average Bonchev–Trinajstić information content (AvgIpc) is 2.81. The van der Waals surface area contributed by atoms with E-state index in [2.05, 4.69) is 0 Å². The van der Waals surface area contributed by atoms with Crippen LogP contribution in [-0.4, -0.2) is 27.9 Å². The number of nitrogens with zero attached hydrogens (tertiary/aromatic N) is 1. The topological polar surface area (TPSA) is 57.6 Å². The van der Waals surface area contributed by atoms with Crippen LogP contribution in [-0.2, 0) is 17.8 Å². The lowest BCUT2D eigenvalue weighted by molar-refractivity contribution is -0.142. The Balaban J connectivity index is 1.75. The number of hydrogen-bond acceptors (Lipinski definition) is 2. The fourth-order valence-corrected chi connectivity index (χ4v) is 4.33. The molecule has 1 atom stereocenters. The Labute approximate surface area is 202 Å². The van der Waals surface area contributed by atoms with Gasteiger partial charge in [-0.1, -0.05) is 89.9 Å². The molecule has 0 aromatic heterocycles. The average molecular weight is 478 g/mol. The highest BCUT2D eigenvalue weighted by Gasteiger charge is 2.31. The van der Waals surface area contributed by atoms with Gasteiger partial charge >= 0.3 is 5.97 Å². The minimum Gasteiger partial charge on any atom is -0.480 e. The number of benzene rings is 4. The predicted octanol–water partition coefficient (Wildman–Crippen LogP) is 6.48. The summed E-state index contributed by atoms with van der Waals surface area (Å²) in [4.78, 5) is 27.4. The fourth-order valence-electron chi connectivity index (χ4n) is 3.84. The molecule has 0 heterocycles. The molecule has 4 aromatic rings. The number of carbonyl (C=O) groups excluding carboxylic acids is 1. The van der Waals surface area contributed by atoms with Crippen molar-refractivity contribution in [2.45, 2.75) is 19.0 Å². The predicted molar refractivity (Wildman–Crippen MR) is 132 cm³/mol. The molecule has 0 spiro atoms. The number of hydrogen-bond donors (Lipinski definition) is 1. The van der Waals surface area contributed by atoms with Gasteiger partial charge in [-0.2, -0.15) is 0 Å². The highest BCUT2D eigenvalue weighted by molar-refractivity contribution is 6.36. The van der Waals surface area contributed by atoms with Crippen molar-refractivity contribution in [2.75, 3.05) is 0 Å². The number of halogens is 2. The van der Waals surface area contributed by atoms with E-state index in [1.54, 1.807) is 6.07 Å². The number of fused-ring (bicyclic) bond motifs is 1. The Morgan fingerprint density at radius 1 is 0.788 bits per heavy atom. The Bertz CT molecular complexity index is 1310. The first-order valence-electron chi connectivity index (χ1n) is 10.4. The molecular formula is C27H21Cl2NO3. The van der Waals surface area contributed by atoms with E-state index in [0.29, 0.717) is 5.02 Å². The quantitative estimate of drug-likeness (QED) is 0.331. The summed E-state index contributed by atoms with van der Waals surface area (Å²) in [5, 5.41) is 12.8. The zero-order valence-electron chi connectivity index (χ0n) is 17.6. The summed E-state index contributed by atoms with van der Waals surface area (Å²) in [7, 11) is 0. The maximum absolute atomic E-state index is 13.6. The summed E-state index contributed by atoms with van der Waals surface area (Å²) in [5.41, 5.74) is 1.86. The summed E-state index contributed by atoms with van der Waals surface area (Å²) < 4.78 is 0. The second-order valence-corrected chi connectivity index (χ2v) is 8.63. The molecular weight excluding hydrogens is 457 g/mol. The molecule has 4 aromatic carbocycles. The molecule has 0 aliphatic rings. The van der Waals surface area contributed by atoms with Crippen molar-refractivity contribution in [3.8, 4) is 0 Å². The van der Waals surface area contributed by atoms with Gasteiger partial charge in [0.05, 0.1) is 10.6 Å². The van der Waals surface area contributed by atoms with E-state index < -0.39 is 17.9 Å². The molecule has 0 aliphatic heterocycles. The smallest absolute Gasteiger partial charge is 0.326 e. The van der Waals surface area contributed by atoms with Gasteiger partial charge in [0, 0.05) is 18.0 Å². The molecule has 4 nitrogen and oxygen atoms in total. The lowest BCUT2D eigenvalue weighted by atomic mass is 10.0. The molecule has 33 heavy (non-hydrogen) atoms. The summed E-state index contributed by atoms with van der Waals surface area (Å²) >= 11 is 12.3. The number of carboxylic acids is 1. The Morgan fingerprint density at radius 2 is 1.48 bits per heavy atom. The molecule has 166 valence electrons. The first-order valence-corrected chi connectivity index (χ1v) is 11.2. The lowest BCUT2D eigenvalue weighted by Gasteiger charge is -2.30. The molecule has 0 aliphatic carbocycles. The van der Waals surface area contributed by atoms with Crippen LogP contribution >= 0.6 is 23.2 Å². The molecule has 4 rings (SSSR count). The third-order valence-electron chi connectivity index (χ3n) is 5.52. The van der Waals surface area contributed by atoms with E-state index >= 15 is 0 Å². The third kappa shape index (κ3) is 5.36. The highest BCUT2D eigenvalue weighted by Crippen LogP contribution is 2.26. The normalized spacial score (nSPS) is 11.8. The summed E-state index contributed by atoms with van der Waals surface area (Å²) in [6.07, 6.45) is 0.167. The Hall–Kier alpha value is -3.34. The van der Waals surface area contributed by atoms with E-state index in [9.17, 15) is 14.7 Å². The molecule has 0 saturated carbocycles. The SMILES string of the molecule is O=C(O)[C@H](Cc1ccccc1)N(Cc1ccc2ccccc2c1)C(=O)c1ccc(Cl)cc1Cl. The van der Waals surface area contributed by atoms with Crippen LogP contribution in [0.15, 0.2) is 91.0 Å². The Morgan fingerprint density at radius 3 is 2.18 bits per heavy atom. The number of aliphatic carboxylic acids is 1. The van der Waals surface area contributed by atoms with Crippen LogP contribution in [0.25, 0.3) is 10.8 Å². The first kappa shape index (κ1) is 22.8. The van der Waals surface area contributed by atoms with E-state index in [-0.39, 0.29) is 23.6 Å². The van der Waals surface area contributed by atoms with Gasteiger partial charge in [0.2, 0.25) is 0 Å². The lowest BCUT2D eigenvalue weighted by Crippen LogP contribution is -2.46. The maximum atomic E-state index is 13.6. The molecule has 0 bridgehead atoms. The van der Waals surface area contributed by atoms with Crippen molar-refractivity contribution in [1.82, 2.24) is 4.90 Å². The van der Waals surface area contributed by atoms with Crippen molar-refractivity contribution in [3.05, 3.63) is 118 Å². The molecule has 0 saturated heterocycles. The van der Waals surface area contributed by atoms with Crippen LogP contribution in [0.4, 0.5) is 0 Å². The summed E-state index contributed by atoms with van der Waals surface area (Å²) in [6, 6.07) is 26.5. The number of carboxylic acid groups (broad SMARTS) is 1. The number of carbonyl (C=O) groups is 2. The summed E-state index contributed by atoms with van der Waals surface area (Å²) in [6.45, 7) is 0.117. The zero-order chi connectivity index (χ0) is 23.4. The van der Waals surface area contributed by atoms with Crippen LogP contribution in [0.3, 0.4) is 0 Å². The molecule has 1 N–H and O–H groups in total. The van der Waals surface area contributed by atoms with Crippen molar-refractivity contribution in [2.24, 2.45) is 0 Å². The monoisotopic (exact) mass is 477 g/mol. The summed E-state index contributed by atoms with van der Waals surface area (Å²) in [5.74, 6) is -1.55. The van der Waals surface area contributed by atoms with Gasteiger partial charge in [-0.05, 0) is 46.2 Å². The standard InChI is InChI=1S/C27H21Cl2NO3/c28-22-12-13-23(24(29)16-22)26(31)30(25(27(32)33)15-18-6-2-1-3-7-18)17-19-10-11-20-8-4-5-9-21(20)14-19/h1-14,16,25H,15,17H2,(H,32,33)/t25-/m0/s1. The molecule has 0 fully saturated rings. The number of rotatable bonds is 7. The van der Waals surface area contributed by atoms with Crippen molar-refractivity contribution >= 4 is 45.9 Å². The van der Waals surface area contributed by atoms with Crippen LogP contribution in [0, 0.1) is 0 Å². The third-order valence-corrected chi connectivity index (χ3v) is 6.07. The van der Waals surface area contributed by atoms with E-state index in [1.807, 2.05) is 72.8 Å². The van der Waals surface area contributed by atoms with Gasteiger partial charge in [0.15, 0.2) is 0 Å². The van der Waals surface area contributed by atoms with Crippen molar-refractivity contribution < 1.29 is 14.7 Å². The first-order chi connectivity index (χ1) is 15.9. The van der Waals surface area contributed by atoms with Crippen LogP contribution in [0.5, 0.6) is 0 Å². The molecule has 6 heteroatoms. The van der Waals surface area contributed by atoms with Gasteiger partial charge in [-0.3, -0.25) is 4.79 Å².